The number of aryl methyl sites for hydroxylation is 1. The lowest BCUT2D eigenvalue weighted by atomic mass is 9.99. The molecular formula is C20H26N2O2S. The lowest BCUT2D eigenvalue weighted by Crippen LogP contribution is -2.34. The third-order valence-corrected chi connectivity index (χ3v) is 6.17. The van der Waals surface area contributed by atoms with Crippen LogP contribution in [0.1, 0.15) is 30.9 Å². The molecular weight excluding hydrogens is 332 g/mol. The molecule has 0 aliphatic carbocycles. The summed E-state index contributed by atoms with van der Waals surface area (Å²) in [6, 6.07) is 15.1. The van der Waals surface area contributed by atoms with Crippen LogP contribution in [-0.4, -0.2) is 21.5 Å². The van der Waals surface area contributed by atoms with Crippen LogP contribution in [0.5, 0.6) is 0 Å². The molecule has 1 fully saturated rings. The zero-order valence-electron chi connectivity index (χ0n) is 14.9. The SMILES string of the molecule is Cc1ccc(S(=O)(=O)NCc2ccc(N3CCCC(C)C3)cc2)cc1. The number of rotatable bonds is 5. The summed E-state index contributed by atoms with van der Waals surface area (Å²) in [5, 5.41) is 0. The maximum absolute atomic E-state index is 12.3. The average Bonchev–Trinajstić information content (AvgIpc) is 2.61. The Hall–Kier alpha value is -1.85. The molecule has 1 atom stereocenters. The Labute approximate surface area is 150 Å². The Balaban J connectivity index is 1.62. The Morgan fingerprint density at radius 3 is 2.40 bits per heavy atom. The molecule has 0 amide bonds. The number of nitrogens with one attached hydrogen (secondary N) is 1. The third-order valence-electron chi connectivity index (χ3n) is 4.76. The van der Waals surface area contributed by atoms with Crippen LogP contribution in [0.4, 0.5) is 5.69 Å². The topological polar surface area (TPSA) is 49.4 Å². The first-order chi connectivity index (χ1) is 11.9. The molecule has 4 nitrogen and oxygen atoms in total. The van der Waals surface area contributed by atoms with Crippen molar-refractivity contribution >= 4 is 15.7 Å². The molecule has 0 saturated carbocycles. The fourth-order valence-electron chi connectivity index (χ4n) is 3.23. The second-order valence-electron chi connectivity index (χ2n) is 7.00. The minimum absolute atomic E-state index is 0.299. The van der Waals surface area contributed by atoms with Crippen molar-refractivity contribution in [3.63, 3.8) is 0 Å². The minimum atomic E-state index is -3.47. The van der Waals surface area contributed by atoms with Crippen molar-refractivity contribution in [1.29, 1.82) is 0 Å². The number of anilines is 1. The van der Waals surface area contributed by atoms with E-state index in [-0.39, 0.29) is 0 Å². The van der Waals surface area contributed by atoms with Crippen LogP contribution in [0.3, 0.4) is 0 Å². The number of hydrogen-bond donors (Lipinski definition) is 1. The molecule has 0 radical (unpaired) electrons. The highest BCUT2D eigenvalue weighted by molar-refractivity contribution is 7.89. The summed E-state index contributed by atoms with van der Waals surface area (Å²) in [4.78, 5) is 2.71. The lowest BCUT2D eigenvalue weighted by molar-refractivity contribution is 0.447. The van der Waals surface area contributed by atoms with Crippen molar-refractivity contribution in [3.8, 4) is 0 Å². The Morgan fingerprint density at radius 2 is 1.76 bits per heavy atom. The van der Waals surface area contributed by atoms with E-state index in [2.05, 4.69) is 28.7 Å². The van der Waals surface area contributed by atoms with Crippen molar-refractivity contribution in [2.75, 3.05) is 18.0 Å². The van der Waals surface area contributed by atoms with E-state index in [1.807, 2.05) is 31.2 Å². The van der Waals surface area contributed by atoms with Crippen LogP contribution in [0.2, 0.25) is 0 Å². The predicted molar refractivity (Wildman–Crippen MR) is 102 cm³/mol. The molecule has 1 aliphatic heterocycles. The summed E-state index contributed by atoms with van der Waals surface area (Å²) >= 11 is 0. The van der Waals surface area contributed by atoms with E-state index in [0.29, 0.717) is 11.4 Å². The number of hydrogen-bond acceptors (Lipinski definition) is 3. The van der Waals surface area contributed by atoms with Gasteiger partial charge in [0.15, 0.2) is 0 Å². The first-order valence-electron chi connectivity index (χ1n) is 8.84. The van der Waals surface area contributed by atoms with Crippen molar-refractivity contribution in [2.45, 2.75) is 38.1 Å². The van der Waals surface area contributed by atoms with Crippen LogP contribution >= 0.6 is 0 Å². The molecule has 1 saturated heterocycles. The Morgan fingerprint density at radius 1 is 1.08 bits per heavy atom. The van der Waals surface area contributed by atoms with E-state index in [1.165, 1.54) is 18.5 Å². The van der Waals surface area contributed by atoms with Crippen molar-refractivity contribution in [3.05, 3.63) is 59.7 Å². The van der Waals surface area contributed by atoms with E-state index in [9.17, 15) is 8.42 Å². The number of benzene rings is 2. The van der Waals surface area contributed by atoms with Gasteiger partial charge in [-0.25, -0.2) is 13.1 Å². The first kappa shape index (κ1) is 18.0. The van der Waals surface area contributed by atoms with Gasteiger partial charge in [0.25, 0.3) is 0 Å². The molecule has 1 unspecified atom stereocenters. The maximum Gasteiger partial charge on any atom is 0.240 e. The summed E-state index contributed by atoms with van der Waals surface area (Å²) in [6.45, 7) is 6.73. The number of sulfonamides is 1. The standard InChI is InChI=1S/C20H26N2O2S/c1-16-5-11-20(12-6-16)25(23,24)21-14-18-7-9-19(10-8-18)22-13-3-4-17(2)15-22/h5-12,17,21H,3-4,13-15H2,1-2H3. The molecule has 1 aliphatic rings. The van der Waals surface area contributed by atoms with Gasteiger partial charge in [0.2, 0.25) is 10.0 Å². The highest BCUT2D eigenvalue weighted by atomic mass is 32.2. The normalized spacial score (nSPS) is 18.3. The lowest BCUT2D eigenvalue weighted by Gasteiger charge is -2.32. The van der Waals surface area contributed by atoms with Crippen molar-refractivity contribution in [1.82, 2.24) is 4.72 Å². The highest BCUT2D eigenvalue weighted by Gasteiger charge is 2.17. The molecule has 134 valence electrons. The second kappa shape index (κ2) is 7.58. The molecule has 2 aromatic carbocycles. The quantitative estimate of drug-likeness (QED) is 0.886. The number of piperidine rings is 1. The smallest absolute Gasteiger partial charge is 0.240 e. The average molecular weight is 359 g/mol. The van der Waals surface area contributed by atoms with E-state index in [4.69, 9.17) is 0 Å². The summed E-state index contributed by atoms with van der Waals surface area (Å²) in [5.41, 5.74) is 3.22. The van der Waals surface area contributed by atoms with Crippen molar-refractivity contribution < 1.29 is 8.42 Å². The van der Waals surface area contributed by atoms with Crippen molar-refractivity contribution in [2.24, 2.45) is 5.92 Å². The zero-order valence-corrected chi connectivity index (χ0v) is 15.7. The molecule has 1 N–H and O–H groups in total. The Kier molecular flexibility index (Phi) is 5.45. The minimum Gasteiger partial charge on any atom is -0.371 e. The fourth-order valence-corrected chi connectivity index (χ4v) is 4.25. The van der Waals surface area contributed by atoms with Gasteiger partial charge in [-0.2, -0.15) is 0 Å². The van der Waals surface area contributed by atoms with Gasteiger partial charge in [0, 0.05) is 25.3 Å². The molecule has 25 heavy (non-hydrogen) atoms. The van der Waals surface area contributed by atoms with Crippen LogP contribution < -0.4 is 9.62 Å². The zero-order chi connectivity index (χ0) is 17.9. The first-order valence-corrected chi connectivity index (χ1v) is 10.3. The molecule has 1 heterocycles. The van der Waals surface area contributed by atoms with Crippen LogP contribution in [0.15, 0.2) is 53.4 Å². The summed E-state index contributed by atoms with van der Waals surface area (Å²) in [7, 11) is -3.47. The van der Waals surface area contributed by atoms with Gasteiger partial charge >= 0.3 is 0 Å². The van der Waals surface area contributed by atoms with E-state index >= 15 is 0 Å². The van der Waals surface area contributed by atoms with Gasteiger partial charge in [-0.3, -0.25) is 0 Å². The van der Waals surface area contributed by atoms with E-state index in [0.717, 1.165) is 30.1 Å². The molecule has 3 rings (SSSR count). The predicted octanol–water partition coefficient (Wildman–Crippen LogP) is 3.71. The highest BCUT2D eigenvalue weighted by Crippen LogP contribution is 2.23. The second-order valence-corrected chi connectivity index (χ2v) is 8.76. The monoisotopic (exact) mass is 358 g/mol. The van der Waals surface area contributed by atoms with Gasteiger partial charge in [-0.15, -0.1) is 0 Å². The van der Waals surface area contributed by atoms with E-state index < -0.39 is 10.0 Å². The van der Waals surface area contributed by atoms with Gasteiger partial charge in [-0.05, 0) is 55.5 Å². The molecule has 5 heteroatoms. The number of nitrogens with zero attached hydrogens (tertiary/aromatic N) is 1. The van der Waals surface area contributed by atoms with E-state index in [1.54, 1.807) is 12.1 Å². The maximum atomic E-state index is 12.3. The summed E-state index contributed by atoms with van der Waals surface area (Å²) in [5.74, 6) is 0.731. The molecule has 0 bridgehead atoms. The molecule has 2 aromatic rings. The summed E-state index contributed by atoms with van der Waals surface area (Å²) < 4.78 is 27.4. The largest absolute Gasteiger partial charge is 0.371 e. The molecule has 0 spiro atoms. The van der Waals surface area contributed by atoms with Crippen LogP contribution in [-0.2, 0) is 16.6 Å². The van der Waals surface area contributed by atoms with Crippen LogP contribution in [0, 0.1) is 12.8 Å². The Bertz CT molecular complexity index is 799. The van der Waals surface area contributed by atoms with Crippen LogP contribution in [0.25, 0.3) is 0 Å². The molecule has 0 aromatic heterocycles. The fraction of sp³-hybridized carbons (Fsp3) is 0.400. The van der Waals surface area contributed by atoms with Gasteiger partial charge in [-0.1, -0.05) is 36.8 Å². The third kappa shape index (κ3) is 4.61. The van der Waals surface area contributed by atoms with Gasteiger partial charge in [0.05, 0.1) is 4.90 Å². The van der Waals surface area contributed by atoms with Gasteiger partial charge in [0.1, 0.15) is 0 Å². The van der Waals surface area contributed by atoms with Gasteiger partial charge < -0.3 is 4.90 Å². The summed E-state index contributed by atoms with van der Waals surface area (Å²) in [6.07, 6.45) is 2.54.